The summed E-state index contributed by atoms with van der Waals surface area (Å²) in [5.74, 6) is -0.678. The molecule has 0 spiro atoms. The van der Waals surface area contributed by atoms with Crippen molar-refractivity contribution in [3.05, 3.63) is 84.4 Å². The topological polar surface area (TPSA) is 105 Å². The Morgan fingerprint density at radius 2 is 1.49 bits per heavy atom. The van der Waals surface area contributed by atoms with Crippen LogP contribution in [-0.4, -0.2) is 39.4 Å². The second-order valence-corrected chi connectivity index (χ2v) is 10.7. The Hall–Kier alpha value is -3.85. The first-order chi connectivity index (χ1) is 16.5. The number of benzene rings is 3. The van der Waals surface area contributed by atoms with E-state index in [4.69, 9.17) is 4.74 Å². The summed E-state index contributed by atoms with van der Waals surface area (Å²) in [7, 11) is -2.68. The third-order valence-corrected chi connectivity index (χ3v) is 6.68. The van der Waals surface area contributed by atoms with Crippen LogP contribution >= 0.6 is 0 Å². The highest BCUT2D eigenvalue weighted by atomic mass is 32.2. The minimum absolute atomic E-state index is 0.0312. The van der Waals surface area contributed by atoms with Gasteiger partial charge in [0.25, 0.3) is 15.9 Å². The molecule has 0 aromatic heterocycles. The fourth-order valence-electron chi connectivity index (χ4n) is 3.37. The lowest BCUT2D eigenvalue weighted by atomic mass is 10.1. The fourth-order valence-corrected chi connectivity index (χ4v) is 4.83. The molecule has 3 aromatic carbocycles. The maximum atomic E-state index is 13.5. The maximum absolute atomic E-state index is 13.5. The second kappa shape index (κ2) is 10.6. The first-order valence-corrected chi connectivity index (χ1v) is 12.4. The van der Waals surface area contributed by atoms with Crippen molar-refractivity contribution >= 4 is 33.2 Å². The van der Waals surface area contributed by atoms with Crippen LogP contribution in [0.25, 0.3) is 0 Å². The van der Waals surface area contributed by atoms with Crippen LogP contribution in [0.15, 0.2) is 83.8 Å². The molecule has 0 bridgehead atoms. The number of hydrogen-bond donors (Lipinski definition) is 2. The number of methoxy groups -OCH3 is 1. The highest BCUT2D eigenvalue weighted by Crippen LogP contribution is 2.32. The van der Waals surface area contributed by atoms with Gasteiger partial charge in [-0.2, -0.15) is 0 Å². The van der Waals surface area contributed by atoms with Crippen LogP contribution in [0.1, 0.15) is 31.1 Å². The predicted molar refractivity (Wildman–Crippen MR) is 136 cm³/mol. The number of hydrogen-bond acceptors (Lipinski definition) is 5. The van der Waals surface area contributed by atoms with Gasteiger partial charge in [-0.1, -0.05) is 42.5 Å². The highest BCUT2D eigenvalue weighted by Gasteiger charge is 2.29. The van der Waals surface area contributed by atoms with E-state index >= 15 is 0 Å². The van der Waals surface area contributed by atoms with E-state index in [1.54, 1.807) is 66.7 Å². The average Bonchev–Trinajstić information content (AvgIpc) is 2.82. The smallest absolute Gasteiger partial charge is 0.264 e. The molecule has 2 N–H and O–H groups in total. The molecular formula is C26H29N3O5S. The second-order valence-electron chi connectivity index (χ2n) is 8.79. The maximum Gasteiger partial charge on any atom is 0.264 e. The third-order valence-electron chi connectivity index (χ3n) is 4.91. The number of sulfonamides is 1. The molecule has 3 aromatic rings. The van der Waals surface area contributed by atoms with Crippen molar-refractivity contribution in [1.29, 1.82) is 0 Å². The molecule has 8 nitrogen and oxygen atoms in total. The van der Waals surface area contributed by atoms with Gasteiger partial charge in [0.2, 0.25) is 5.91 Å². The molecule has 0 fully saturated rings. The lowest BCUT2D eigenvalue weighted by molar-refractivity contribution is -0.114. The van der Waals surface area contributed by atoms with Crippen molar-refractivity contribution in [2.24, 2.45) is 0 Å². The van der Waals surface area contributed by atoms with Crippen molar-refractivity contribution in [2.75, 3.05) is 23.3 Å². The van der Waals surface area contributed by atoms with E-state index in [9.17, 15) is 18.0 Å². The van der Waals surface area contributed by atoms with Crippen LogP contribution in [0.4, 0.5) is 11.4 Å². The van der Waals surface area contributed by atoms with Crippen LogP contribution in [-0.2, 0) is 14.8 Å². The minimum Gasteiger partial charge on any atom is -0.495 e. The van der Waals surface area contributed by atoms with E-state index < -0.39 is 28.0 Å². The van der Waals surface area contributed by atoms with E-state index in [2.05, 4.69) is 10.6 Å². The summed E-state index contributed by atoms with van der Waals surface area (Å²) in [6, 6.07) is 21.0. The van der Waals surface area contributed by atoms with E-state index in [-0.39, 0.29) is 27.7 Å². The summed E-state index contributed by atoms with van der Waals surface area (Å²) in [5, 5.41) is 5.56. The number of ether oxygens (including phenoxy) is 1. The molecule has 0 aliphatic heterocycles. The molecule has 0 radical (unpaired) electrons. The highest BCUT2D eigenvalue weighted by molar-refractivity contribution is 7.92. The molecule has 0 heterocycles. The summed E-state index contributed by atoms with van der Waals surface area (Å²) in [6.45, 7) is 5.02. The summed E-state index contributed by atoms with van der Waals surface area (Å²) in [6.07, 6.45) is 0. The Morgan fingerprint density at radius 1 is 0.886 bits per heavy atom. The molecule has 0 unspecified atom stereocenters. The van der Waals surface area contributed by atoms with Crippen LogP contribution in [0, 0.1) is 0 Å². The van der Waals surface area contributed by atoms with E-state index in [0.29, 0.717) is 5.75 Å². The number of rotatable bonds is 8. The lowest BCUT2D eigenvalue weighted by Gasteiger charge is -2.26. The number of carbonyl (C=O) groups is 2. The molecule has 2 amide bonds. The van der Waals surface area contributed by atoms with Gasteiger partial charge in [0.15, 0.2) is 0 Å². The Kier molecular flexibility index (Phi) is 7.81. The Morgan fingerprint density at radius 3 is 2.14 bits per heavy atom. The molecule has 9 heteroatoms. The van der Waals surface area contributed by atoms with Crippen molar-refractivity contribution in [3.8, 4) is 5.75 Å². The summed E-state index contributed by atoms with van der Waals surface area (Å²) in [5.41, 5.74) is 0.285. The third kappa shape index (κ3) is 6.39. The number of nitrogens with one attached hydrogen (secondary N) is 2. The van der Waals surface area contributed by atoms with Gasteiger partial charge < -0.3 is 15.4 Å². The number of carbonyl (C=O) groups excluding carboxylic acids is 2. The van der Waals surface area contributed by atoms with Gasteiger partial charge >= 0.3 is 0 Å². The standard InChI is InChI=1S/C26H29N3O5S/c1-26(2,3)28-25(31)20-14-8-9-15-21(20)27-24(30)18-29(22-16-10-11-17-23(22)34-4)35(32,33)19-12-6-5-7-13-19/h5-17H,18H2,1-4H3,(H,27,30)(H,28,31). The van der Waals surface area contributed by atoms with Crippen LogP contribution in [0.5, 0.6) is 5.75 Å². The zero-order chi connectivity index (χ0) is 25.6. The summed E-state index contributed by atoms with van der Waals surface area (Å²) in [4.78, 5) is 25.9. The monoisotopic (exact) mass is 495 g/mol. The molecule has 0 aliphatic rings. The van der Waals surface area contributed by atoms with Gasteiger partial charge in [0.05, 0.1) is 28.9 Å². The Labute approximate surface area is 206 Å². The van der Waals surface area contributed by atoms with Gasteiger partial charge in [-0.05, 0) is 57.2 Å². The van der Waals surface area contributed by atoms with Crippen LogP contribution in [0.2, 0.25) is 0 Å². The van der Waals surface area contributed by atoms with E-state index in [0.717, 1.165) is 4.31 Å². The Bertz CT molecular complexity index is 1300. The first-order valence-electron chi connectivity index (χ1n) is 10.9. The van der Waals surface area contributed by atoms with Crippen molar-refractivity contribution in [3.63, 3.8) is 0 Å². The molecule has 0 aliphatic carbocycles. The zero-order valence-corrected chi connectivity index (χ0v) is 20.9. The molecule has 0 atom stereocenters. The Balaban J connectivity index is 1.95. The number of nitrogens with zero attached hydrogens (tertiary/aromatic N) is 1. The lowest BCUT2D eigenvalue weighted by Crippen LogP contribution is -2.41. The van der Waals surface area contributed by atoms with Gasteiger partial charge in [0.1, 0.15) is 12.3 Å². The molecule has 0 saturated carbocycles. The van der Waals surface area contributed by atoms with Gasteiger partial charge in [0, 0.05) is 5.54 Å². The van der Waals surface area contributed by atoms with E-state index in [1.165, 1.54) is 19.2 Å². The largest absolute Gasteiger partial charge is 0.495 e. The SMILES string of the molecule is COc1ccccc1N(CC(=O)Nc1ccccc1C(=O)NC(C)(C)C)S(=O)(=O)c1ccccc1. The quantitative estimate of drug-likeness (QED) is 0.490. The van der Waals surface area contributed by atoms with E-state index in [1.807, 2.05) is 20.8 Å². The zero-order valence-electron chi connectivity index (χ0n) is 20.1. The van der Waals surface area contributed by atoms with Crippen LogP contribution < -0.4 is 19.7 Å². The van der Waals surface area contributed by atoms with Gasteiger partial charge in [-0.25, -0.2) is 8.42 Å². The number of amides is 2. The van der Waals surface area contributed by atoms with Gasteiger partial charge in [-0.3, -0.25) is 13.9 Å². The molecular weight excluding hydrogens is 466 g/mol. The fraction of sp³-hybridized carbons (Fsp3) is 0.231. The predicted octanol–water partition coefficient (Wildman–Crippen LogP) is 4.06. The van der Waals surface area contributed by atoms with Crippen molar-refractivity contribution < 1.29 is 22.7 Å². The van der Waals surface area contributed by atoms with Crippen molar-refractivity contribution in [2.45, 2.75) is 31.2 Å². The van der Waals surface area contributed by atoms with Crippen molar-refractivity contribution in [1.82, 2.24) is 5.32 Å². The molecule has 184 valence electrons. The molecule has 0 saturated heterocycles. The normalized spacial score (nSPS) is 11.4. The number of para-hydroxylation sites is 3. The summed E-state index contributed by atoms with van der Waals surface area (Å²) >= 11 is 0. The first kappa shape index (κ1) is 25.8. The van der Waals surface area contributed by atoms with Gasteiger partial charge in [-0.15, -0.1) is 0 Å². The minimum atomic E-state index is -4.11. The number of anilines is 2. The van der Waals surface area contributed by atoms with Crippen LogP contribution in [0.3, 0.4) is 0 Å². The average molecular weight is 496 g/mol. The molecule has 3 rings (SSSR count). The summed E-state index contributed by atoms with van der Waals surface area (Å²) < 4.78 is 33.5. The molecule has 35 heavy (non-hydrogen) atoms.